The van der Waals surface area contributed by atoms with E-state index in [9.17, 15) is 18.7 Å². The van der Waals surface area contributed by atoms with E-state index in [1.807, 2.05) is 0 Å². The second kappa shape index (κ2) is 4.99. The molecule has 0 spiro atoms. The predicted molar refractivity (Wildman–Crippen MR) is 58.8 cm³/mol. The van der Waals surface area contributed by atoms with Crippen LogP contribution in [0, 0.1) is 11.6 Å². The number of halogens is 2. The van der Waals surface area contributed by atoms with Gasteiger partial charge >= 0.3 is 5.97 Å². The number of hydrogen-bond donors (Lipinski definition) is 2. The van der Waals surface area contributed by atoms with E-state index >= 15 is 0 Å². The third-order valence-electron chi connectivity index (χ3n) is 2.97. The van der Waals surface area contributed by atoms with Gasteiger partial charge < -0.3 is 10.2 Å². The molecule has 2 unspecified atom stereocenters. The maximum Gasteiger partial charge on any atom is 0.321 e. The van der Waals surface area contributed by atoms with Gasteiger partial charge in [-0.3, -0.25) is 9.69 Å². The highest BCUT2D eigenvalue weighted by molar-refractivity contribution is 5.74. The molecular formula is C12H13F2NO3. The Balaban J connectivity index is 2.14. The molecule has 1 aromatic carbocycles. The van der Waals surface area contributed by atoms with Crippen molar-refractivity contribution in [1.82, 2.24) is 4.90 Å². The molecule has 1 aliphatic rings. The van der Waals surface area contributed by atoms with Gasteiger partial charge in [0.25, 0.3) is 0 Å². The van der Waals surface area contributed by atoms with Crippen LogP contribution in [0.15, 0.2) is 18.2 Å². The molecule has 0 radical (unpaired) electrons. The number of aliphatic hydroxyl groups is 1. The van der Waals surface area contributed by atoms with Gasteiger partial charge in [0.1, 0.15) is 17.7 Å². The number of aliphatic hydroxyl groups excluding tert-OH is 1. The van der Waals surface area contributed by atoms with Crippen LogP contribution in [0.25, 0.3) is 0 Å². The van der Waals surface area contributed by atoms with Crippen molar-refractivity contribution in [3.05, 3.63) is 35.4 Å². The van der Waals surface area contributed by atoms with Crippen molar-refractivity contribution < 1.29 is 23.8 Å². The molecule has 6 heteroatoms. The third kappa shape index (κ3) is 2.83. The molecule has 2 N–H and O–H groups in total. The van der Waals surface area contributed by atoms with Gasteiger partial charge in [0, 0.05) is 25.6 Å². The first-order chi connectivity index (χ1) is 8.45. The van der Waals surface area contributed by atoms with Crippen LogP contribution in [0.2, 0.25) is 0 Å². The monoisotopic (exact) mass is 257 g/mol. The molecule has 4 nitrogen and oxygen atoms in total. The van der Waals surface area contributed by atoms with Crippen molar-refractivity contribution >= 4 is 5.97 Å². The van der Waals surface area contributed by atoms with E-state index in [0.717, 1.165) is 18.2 Å². The van der Waals surface area contributed by atoms with Gasteiger partial charge in [-0.2, -0.15) is 0 Å². The van der Waals surface area contributed by atoms with Gasteiger partial charge in [0.05, 0.1) is 6.10 Å². The van der Waals surface area contributed by atoms with Crippen LogP contribution in [0.5, 0.6) is 0 Å². The molecule has 1 heterocycles. The Labute approximate surface area is 102 Å². The van der Waals surface area contributed by atoms with Crippen molar-refractivity contribution in [1.29, 1.82) is 0 Å². The highest BCUT2D eigenvalue weighted by Gasteiger charge is 2.35. The lowest BCUT2D eigenvalue weighted by Crippen LogP contribution is -2.35. The largest absolute Gasteiger partial charge is 0.480 e. The minimum atomic E-state index is -1.04. The SMILES string of the molecule is O=C(O)C1CC(O)CN1Cc1cc(F)cc(F)c1. The molecule has 0 amide bonds. The lowest BCUT2D eigenvalue weighted by Gasteiger charge is -2.20. The van der Waals surface area contributed by atoms with Gasteiger partial charge in [-0.25, -0.2) is 8.78 Å². The van der Waals surface area contributed by atoms with Crippen LogP contribution in [0.1, 0.15) is 12.0 Å². The van der Waals surface area contributed by atoms with Crippen molar-refractivity contribution in [2.75, 3.05) is 6.54 Å². The predicted octanol–water partition coefficient (Wildman–Crippen LogP) is 0.985. The lowest BCUT2D eigenvalue weighted by molar-refractivity contribution is -0.142. The topological polar surface area (TPSA) is 60.8 Å². The summed E-state index contributed by atoms with van der Waals surface area (Å²) in [6.07, 6.45) is -0.586. The molecule has 18 heavy (non-hydrogen) atoms. The second-order valence-electron chi connectivity index (χ2n) is 4.45. The number of likely N-dealkylation sites (tertiary alicyclic amines) is 1. The van der Waals surface area contributed by atoms with Crippen LogP contribution < -0.4 is 0 Å². The molecule has 2 rings (SSSR count). The summed E-state index contributed by atoms with van der Waals surface area (Å²) in [6, 6.07) is 2.27. The zero-order valence-electron chi connectivity index (χ0n) is 9.51. The quantitative estimate of drug-likeness (QED) is 0.847. The van der Waals surface area contributed by atoms with Crippen LogP contribution >= 0.6 is 0 Å². The number of carboxylic acids is 1. The van der Waals surface area contributed by atoms with E-state index in [-0.39, 0.29) is 19.5 Å². The van der Waals surface area contributed by atoms with Gasteiger partial charge in [-0.15, -0.1) is 0 Å². The molecule has 1 aliphatic heterocycles. The molecule has 2 atom stereocenters. The van der Waals surface area contributed by atoms with E-state index in [0.29, 0.717) is 5.56 Å². The Morgan fingerprint density at radius 1 is 1.33 bits per heavy atom. The molecule has 1 aromatic rings. The maximum atomic E-state index is 13.0. The average Bonchev–Trinajstić information content (AvgIpc) is 2.57. The van der Waals surface area contributed by atoms with Crippen LogP contribution in [-0.2, 0) is 11.3 Å². The number of carbonyl (C=O) groups is 1. The van der Waals surface area contributed by atoms with Gasteiger partial charge in [0.15, 0.2) is 0 Å². The summed E-state index contributed by atoms with van der Waals surface area (Å²) in [5.41, 5.74) is 0.354. The fourth-order valence-corrected chi connectivity index (χ4v) is 2.25. The number of hydrogen-bond acceptors (Lipinski definition) is 3. The fourth-order valence-electron chi connectivity index (χ4n) is 2.25. The van der Waals surface area contributed by atoms with E-state index in [1.165, 1.54) is 4.90 Å². The van der Waals surface area contributed by atoms with Gasteiger partial charge in [0.2, 0.25) is 0 Å². The number of benzene rings is 1. The zero-order valence-corrected chi connectivity index (χ0v) is 9.51. The summed E-state index contributed by atoms with van der Waals surface area (Å²) in [4.78, 5) is 12.5. The van der Waals surface area contributed by atoms with Crippen LogP contribution in [0.3, 0.4) is 0 Å². The smallest absolute Gasteiger partial charge is 0.321 e. The molecule has 0 bridgehead atoms. The Hall–Kier alpha value is -1.53. The van der Waals surface area contributed by atoms with Crippen molar-refractivity contribution in [2.45, 2.75) is 25.1 Å². The second-order valence-corrected chi connectivity index (χ2v) is 4.45. The van der Waals surface area contributed by atoms with Crippen LogP contribution in [0.4, 0.5) is 8.78 Å². The number of β-amino-alcohol motifs (C(OH)–C–C–N with tert-alkyl or cyclic N) is 1. The van der Waals surface area contributed by atoms with Gasteiger partial charge in [-0.05, 0) is 17.7 Å². The molecule has 0 aliphatic carbocycles. The molecule has 0 saturated carbocycles. The molecule has 98 valence electrons. The number of nitrogens with zero attached hydrogens (tertiary/aromatic N) is 1. The summed E-state index contributed by atoms with van der Waals surface area (Å²) in [5, 5.41) is 18.4. The highest BCUT2D eigenvalue weighted by atomic mass is 19.1. The lowest BCUT2D eigenvalue weighted by atomic mass is 10.1. The third-order valence-corrected chi connectivity index (χ3v) is 2.97. The van der Waals surface area contributed by atoms with E-state index in [2.05, 4.69) is 0 Å². The maximum absolute atomic E-state index is 13.0. The summed E-state index contributed by atoms with van der Waals surface area (Å²) in [5.74, 6) is -2.43. The normalized spacial score (nSPS) is 24.4. The summed E-state index contributed by atoms with van der Waals surface area (Å²) in [7, 11) is 0. The van der Waals surface area contributed by atoms with E-state index in [4.69, 9.17) is 5.11 Å². The van der Waals surface area contributed by atoms with Crippen molar-refractivity contribution in [2.24, 2.45) is 0 Å². The molecular weight excluding hydrogens is 244 g/mol. The molecule has 0 aromatic heterocycles. The minimum absolute atomic E-state index is 0.0999. The first-order valence-electron chi connectivity index (χ1n) is 5.55. The Kier molecular flexibility index (Phi) is 3.58. The Morgan fingerprint density at radius 3 is 2.50 bits per heavy atom. The summed E-state index contributed by atoms with van der Waals surface area (Å²) < 4.78 is 26.0. The van der Waals surface area contributed by atoms with Gasteiger partial charge in [-0.1, -0.05) is 0 Å². The first-order valence-corrected chi connectivity index (χ1v) is 5.55. The van der Waals surface area contributed by atoms with Crippen molar-refractivity contribution in [3.63, 3.8) is 0 Å². The van der Waals surface area contributed by atoms with E-state index in [1.54, 1.807) is 0 Å². The van der Waals surface area contributed by atoms with E-state index < -0.39 is 29.7 Å². The zero-order chi connectivity index (χ0) is 13.3. The molecule has 1 fully saturated rings. The summed E-state index contributed by atoms with van der Waals surface area (Å²) in [6.45, 7) is 0.289. The number of rotatable bonds is 3. The van der Waals surface area contributed by atoms with Crippen LogP contribution in [-0.4, -0.2) is 39.8 Å². The molecule has 1 saturated heterocycles. The Bertz CT molecular complexity index is 446. The fraction of sp³-hybridized carbons (Fsp3) is 0.417. The first kappa shape index (κ1) is 12.9. The standard InChI is InChI=1S/C12H13F2NO3/c13-8-1-7(2-9(14)3-8)5-15-6-10(16)4-11(15)12(17)18/h1-3,10-11,16H,4-6H2,(H,17,18). The summed E-state index contributed by atoms with van der Waals surface area (Å²) >= 11 is 0. The Morgan fingerprint density at radius 2 is 1.94 bits per heavy atom. The highest BCUT2D eigenvalue weighted by Crippen LogP contribution is 2.21. The average molecular weight is 257 g/mol. The minimum Gasteiger partial charge on any atom is -0.480 e. The van der Waals surface area contributed by atoms with Crippen molar-refractivity contribution in [3.8, 4) is 0 Å². The number of carboxylic acid groups (broad SMARTS) is 1. The number of aliphatic carboxylic acids is 1.